The number of carboxylic acids is 1. The summed E-state index contributed by atoms with van der Waals surface area (Å²) >= 11 is 0. The average molecular weight is 381 g/mol. The molecule has 0 aliphatic carbocycles. The van der Waals surface area contributed by atoms with Gasteiger partial charge in [-0.3, -0.25) is 4.79 Å². The van der Waals surface area contributed by atoms with Crippen molar-refractivity contribution in [1.29, 1.82) is 0 Å². The molecule has 2 heterocycles. The Kier molecular flexibility index (Phi) is 4.31. The Morgan fingerprint density at radius 3 is 2.68 bits per heavy atom. The van der Waals surface area contributed by atoms with E-state index in [-0.39, 0.29) is 17.7 Å². The summed E-state index contributed by atoms with van der Waals surface area (Å²) in [6, 6.07) is 10.5. The smallest absolute Gasteiger partial charge is 0.307 e. The van der Waals surface area contributed by atoms with Gasteiger partial charge in [-0.15, -0.1) is 0 Å². The number of ether oxygens (including phenoxy) is 1. The highest BCUT2D eigenvalue weighted by atomic mass is 19.1. The van der Waals surface area contributed by atoms with E-state index in [1.165, 1.54) is 12.1 Å². The van der Waals surface area contributed by atoms with Crippen LogP contribution in [0.25, 0.3) is 6.08 Å². The van der Waals surface area contributed by atoms with Crippen molar-refractivity contribution in [2.45, 2.75) is 38.3 Å². The first-order chi connectivity index (χ1) is 13.2. The monoisotopic (exact) mass is 381 g/mol. The van der Waals surface area contributed by atoms with Crippen molar-refractivity contribution in [3.05, 3.63) is 70.5 Å². The molecule has 1 unspecified atom stereocenters. The second kappa shape index (κ2) is 6.45. The third-order valence-electron chi connectivity index (χ3n) is 6.07. The average Bonchev–Trinajstić information content (AvgIpc) is 3.13. The lowest BCUT2D eigenvalue weighted by Gasteiger charge is -2.39. The quantitative estimate of drug-likeness (QED) is 0.858. The molecule has 2 aliphatic heterocycles. The molecule has 4 rings (SSSR count). The highest BCUT2D eigenvalue weighted by Gasteiger charge is 2.59. The number of carbonyl (C=O) groups is 1. The fraction of sp³-hybridized carbons (Fsp3) is 0.348. The maximum Gasteiger partial charge on any atom is 0.307 e. The third-order valence-corrected chi connectivity index (χ3v) is 6.07. The van der Waals surface area contributed by atoms with E-state index < -0.39 is 11.7 Å². The van der Waals surface area contributed by atoms with E-state index >= 15 is 0 Å². The maximum atomic E-state index is 13.2. The number of hydrogen-bond acceptors (Lipinski definition) is 3. The molecule has 1 saturated heterocycles. The number of hydrogen-bond donors (Lipinski definition) is 1. The molecular weight excluding hydrogens is 357 g/mol. The molecule has 2 aromatic rings. The maximum absolute atomic E-state index is 13.2. The highest BCUT2D eigenvalue weighted by molar-refractivity contribution is 5.75. The molecule has 0 aromatic heterocycles. The van der Waals surface area contributed by atoms with Crippen LogP contribution in [-0.4, -0.2) is 30.0 Å². The van der Waals surface area contributed by atoms with Gasteiger partial charge in [-0.2, -0.15) is 0 Å². The summed E-state index contributed by atoms with van der Waals surface area (Å²) in [6.07, 6.45) is 4.03. The number of aliphatic carboxylic acids is 1. The van der Waals surface area contributed by atoms with Gasteiger partial charge in [-0.25, -0.2) is 4.39 Å². The van der Waals surface area contributed by atoms with Gasteiger partial charge in [0.15, 0.2) is 5.72 Å². The third kappa shape index (κ3) is 2.73. The Hall–Kier alpha value is -2.66. The van der Waals surface area contributed by atoms with Crippen molar-refractivity contribution in [3.63, 3.8) is 0 Å². The van der Waals surface area contributed by atoms with E-state index in [2.05, 4.69) is 30.9 Å². The van der Waals surface area contributed by atoms with Gasteiger partial charge in [0.05, 0.1) is 13.0 Å². The van der Waals surface area contributed by atoms with Crippen LogP contribution in [-0.2, 0) is 21.4 Å². The normalized spacial score (nSPS) is 22.5. The van der Waals surface area contributed by atoms with Crippen molar-refractivity contribution in [1.82, 2.24) is 0 Å². The van der Waals surface area contributed by atoms with E-state index in [9.17, 15) is 14.3 Å². The fourth-order valence-corrected chi connectivity index (χ4v) is 4.49. The molecule has 2 aromatic carbocycles. The van der Waals surface area contributed by atoms with Crippen LogP contribution in [0.15, 0.2) is 42.5 Å². The van der Waals surface area contributed by atoms with Crippen LogP contribution in [0.1, 0.15) is 36.1 Å². The van der Waals surface area contributed by atoms with Crippen LogP contribution in [0.2, 0.25) is 0 Å². The van der Waals surface area contributed by atoms with Gasteiger partial charge in [0.2, 0.25) is 0 Å². The number of nitrogens with zero attached hydrogens (tertiary/aromatic N) is 1. The van der Waals surface area contributed by atoms with Gasteiger partial charge in [0.25, 0.3) is 0 Å². The van der Waals surface area contributed by atoms with Gasteiger partial charge in [0, 0.05) is 17.6 Å². The molecule has 1 fully saturated rings. The van der Waals surface area contributed by atoms with E-state index in [0.29, 0.717) is 6.61 Å². The molecule has 0 radical (unpaired) electrons. The van der Waals surface area contributed by atoms with E-state index in [4.69, 9.17) is 4.74 Å². The lowest BCUT2D eigenvalue weighted by Crippen LogP contribution is -2.51. The minimum absolute atomic E-state index is 0.00660. The molecule has 2 aliphatic rings. The summed E-state index contributed by atoms with van der Waals surface area (Å²) in [4.78, 5) is 13.5. The van der Waals surface area contributed by atoms with E-state index in [1.807, 2.05) is 19.1 Å². The van der Waals surface area contributed by atoms with Crippen molar-refractivity contribution in [3.8, 4) is 0 Å². The molecule has 1 N–H and O–H groups in total. The molecule has 0 saturated carbocycles. The molecule has 0 amide bonds. The minimum atomic E-state index is -0.833. The molecular formula is C23H24FNO3. The van der Waals surface area contributed by atoms with Crippen molar-refractivity contribution < 1.29 is 19.0 Å². The number of rotatable bonds is 4. The SMILES string of the molecule is Cc1cc2c(cc1CC(=O)O)N1CCOC1(C=Cc1ccc(F)cc1)C2(C)C. The second-order valence-electron chi connectivity index (χ2n) is 8.07. The van der Waals surface area contributed by atoms with Crippen molar-refractivity contribution in [2.75, 3.05) is 18.1 Å². The largest absolute Gasteiger partial charge is 0.481 e. The number of aryl methyl sites for hydroxylation is 1. The Labute approximate surface area is 164 Å². The van der Waals surface area contributed by atoms with Crippen LogP contribution in [0.5, 0.6) is 0 Å². The van der Waals surface area contributed by atoms with Gasteiger partial charge in [-0.1, -0.05) is 38.1 Å². The predicted molar refractivity (Wildman–Crippen MR) is 107 cm³/mol. The Morgan fingerprint density at radius 2 is 2.00 bits per heavy atom. The van der Waals surface area contributed by atoms with Crippen LogP contribution < -0.4 is 4.90 Å². The molecule has 5 heteroatoms. The molecule has 146 valence electrons. The number of halogens is 1. The number of carboxylic acid groups (broad SMARTS) is 1. The first-order valence-electron chi connectivity index (χ1n) is 9.47. The molecule has 0 spiro atoms. The number of anilines is 1. The summed E-state index contributed by atoms with van der Waals surface area (Å²) in [5.41, 5.74) is 3.91. The van der Waals surface area contributed by atoms with Crippen molar-refractivity contribution in [2.24, 2.45) is 0 Å². The zero-order valence-corrected chi connectivity index (χ0v) is 16.3. The Bertz CT molecular complexity index is 965. The Morgan fingerprint density at radius 1 is 1.29 bits per heavy atom. The number of fused-ring (bicyclic) bond motifs is 3. The van der Waals surface area contributed by atoms with E-state index in [1.54, 1.807) is 12.1 Å². The van der Waals surface area contributed by atoms with Gasteiger partial charge < -0.3 is 14.7 Å². The molecule has 1 atom stereocenters. The summed E-state index contributed by atoms with van der Waals surface area (Å²) in [6.45, 7) is 7.60. The summed E-state index contributed by atoms with van der Waals surface area (Å²) in [7, 11) is 0. The van der Waals surface area contributed by atoms with Crippen LogP contribution in [0.4, 0.5) is 10.1 Å². The standard InChI is InChI=1S/C23H24FNO3/c1-15-12-19-20(13-17(15)14-21(26)27)25-10-11-28-23(25,22(19,2)3)9-8-16-4-6-18(24)7-5-16/h4-9,12-13H,10-11,14H2,1-3H3,(H,26,27). The number of benzene rings is 2. The van der Waals surface area contributed by atoms with Crippen LogP contribution >= 0.6 is 0 Å². The summed E-state index contributed by atoms with van der Waals surface area (Å²) < 4.78 is 19.5. The van der Waals surface area contributed by atoms with Gasteiger partial charge in [-0.05, 0) is 53.5 Å². The molecule has 0 bridgehead atoms. The Balaban J connectivity index is 1.79. The molecule has 4 nitrogen and oxygen atoms in total. The summed E-state index contributed by atoms with van der Waals surface area (Å²) in [5, 5.41) is 9.23. The zero-order chi connectivity index (χ0) is 20.1. The second-order valence-corrected chi connectivity index (χ2v) is 8.07. The van der Waals surface area contributed by atoms with Gasteiger partial charge >= 0.3 is 5.97 Å². The minimum Gasteiger partial charge on any atom is -0.481 e. The molecule has 28 heavy (non-hydrogen) atoms. The van der Waals surface area contributed by atoms with Crippen molar-refractivity contribution >= 4 is 17.7 Å². The highest BCUT2D eigenvalue weighted by Crippen LogP contribution is 2.55. The fourth-order valence-electron chi connectivity index (χ4n) is 4.49. The summed E-state index contributed by atoms with van der Waals surface area (Å²) in [5.74, 6) is -1.09. The predicted octanol–water partition coefficient (Wildman–Crippen LogP) is 4.30. The first kappa shape index (κ1) is 18.7. The lowest BCUT2D eigenvalue weighted by molar-refractivity contribution is -0.136. The first-order valence-corrected chi connectivity index (χ1v) is 9.47. The zero-order valence-electron chi connectivity index (χ0n) is 16.3. The topological polar surface area (TPSA) is 49.8 Å². The lowest BCUT2D eigenvalue weighted by atomic mass is 9.76. The van der Waals surface area contributed by atoms with Crippen LogP contribution in [0, 0.1) is 12.7 Å². The van der Waals surface area contributed by atoms with Crippen LogP contribution in [0.3, 0.4) is 0 Å². The van der Waals surface area contributed by atoms with E-state index in [0.717, 1.165) is 34.5 Å². The van der Waals surface area contributed by atoms with Gasteiger partial charge in [0.1, 0.15) is 5.82 Å².